The zero-order valence-corrected chi connectivity index (χ0v) is 13.9. The minimum atomic E-state index is -0.00652. The summed E-state index contributed by atoms with van der Waals surface area (Å²) in [4.78, 5) is 17.5. The van der Waals surface area contributed by atoms with Crippen LogP contribution in [0, 0.1) is 13.8 Å². The number of amides is 1. The lowest BCUT2D eigenvalue weighted by molar-refractivity contribution is 0.0865. The maximum absolute atomic E-state index is 12.7. The van der Waals surface area contributed by atoms with Gasteiger partial charge in [0.05, 0.1) is 11.3 Å². The van der Waals surface area contributed by atoms with Crippen molar-refractivity contribution in [1.82, 2.24) is 10.3 Å². The van der Waals surface area contributed by atoms with Crippen LogP contribution in [0.5, 0.6) is 0 Å². The van der Waals surface area contributed by atoms with Crippen molar-refractivity contribution in [2.45, 2.75) is 13.8 Å². The molecule has 23 heavy (non-hydrogen) atoms. The van der Waals surface area contributed by atoms with Crippen molar-refractivity contribution in [1.29, 1.82) is 0 Å². The average Bonchev–Trinajstić information content (AvgIpc) is 2.88. The summed E-state index contributed by atoms with van der Waals surface area (Å²) in [6, 6.07) is 10.1. The zero-order valence-electron chi connectivity index (χ0n) is 13.1. The molecule has 6 heteroatoms. The Bertz CT molecular complexity index is 866. The van der Waals surface area contributed by atoms with Gasteiger partial charge in [-0.15, -0.1) is 16.4 Å². The van der Waals surface area contributed by atoms with Gasteiger partial charge in [0, 0.05) is 23.7 Å². The van der Waals surface area contributed by atoms with E-state index in [1.165, 1.54) is 0 Å². The van der Waals surface area contributed by atoms with E-state index in [1.54, 1.807) is 23.3 Å². The average molecular weight is 324 g/mol. The van der Waals surface area contributed by atoms with Crippen LogP contribution in [-0.2, 0) is 0 Å². The van der Waals surface area contributed by atoms with Crippen molar-refractivity contribution in [3.05, 3.63) is 58.1 Å². The molecule has 2 aliphatic rings. The predicted octanol–water partition coefficient (Wildman–Crippen LogP) is 3.13. The lowest BCUT2D eigenvalue weighted by atomic mass is 10.1. The van der Waals surface area contributed by atoms with E-state index in [9.17, 15) is 4.79 Å². The SMILES string of the molecule is Cc1sc2c(c1C)C(=O)N(C)C1=NNC=C(c3ccccc3)N12. The molecular formula is C17H16N4OS. The van der Waals surface area contributed by atoms with E-state index < -0.39 is 0 Å². The van der Waals surface area contributed by atoms with Gasteiger partial charge in [-0.05, 0) is 19.4 Å². The highest BCUT2D eigenvalue weighted by Crippen LogP contribution is 2.43. The lowest BCUT2D eigenvalue weighted by Crippen LogP contribution is -2.51. The summed E-state index contributed by atoms with van der Waals surface area (Å²) in [5.41, 5.74) is 6.81. The van der Waals surface area contributed by atoms with E-state index in [4.69, 9.17) is 0 Å². The van der Waals surface area contributed by atoms with Crippen molar-refractivity contribution < 1.29 is 4.79 Å². The fourth-order valence-electron chi connectivity index (χ4n) is 2.90. The van der Waals surface area contributed by atoms with Crippen LogP contribution < -0.4 is 10.3 Å². The smallest absolute Gasteiger partial charge is 0.263 e. The van der Waals surface area contributed by atoms with E-state index in [-0.39, 0.29) is 5.91 Å². The topological polar surface area (TPSA) is 47.9 Å². The second-order valence-corrected chi connectivity index (χ2v) is 6.80. The van der Waals surface area contributed by atoms with Crippen LogP contribution in [0.4, 0.5) is 5.00 Å². The number of hydrazone groups is 1. The second-order valence-electron chi connectivity index (χ2n) is 5.60. The Hall–Kier alpha value is -2.60. The molecule has 4 rings (SSSR count). The van der Waals surface area contributed by atoms with Gasteiger partial charge in [-0.2, -0.15) is 0 Å². The largest absolute Gasteiger partial charge is 0.280 e. The first-order valence-electron chi connectivity index (χ1n) is 7.36. The second kappa shape index (κ2) is 4.96. The summed E-state index contributed by atoms with van der Waals surface area (Å²) in [6.45, 7) is 4.06. The summed E-state index contributed by atoms with van der Waals surface area (Å²) in [5, 5.41) is 5.27. The molecule has 1 N–H and O–H groups in total. The summed E-state index contributed by atoms with van der Waals surface area (Å²) < 4.78 is 0. The number of aryl methyl sites for hydroxylation is 1. The van der Waals surface area contributed by atoms with Gasteiger partial charge in [-0.1, -0.05) is 30.3 Å². The maximum Gasteiger partial charge on any atom is 0.263 e. The van der Waals surface area contributed by atoms with Crippen molar-refractivity contribution in [2.24, 2.45) is 5.10 Å². The number of thiophene rings is 1. The molecular weight excluding hydrogens is 308 g/mol. The van der Waals surface area contributed by atoms with Gasteiger partial charge in [0.2, 0.25) is 5.96 Å². The Morgan fingerprint density at radius 3 is 2.65 bits per heavy atom. The van der Waals surface area contributed by atoms with Crippen LogP contribution >= 0.6 is 11.3 Å². The van der Waals surface area contributed by atoms with E-state index in [1.807, 2.05) is 31.3 Å². The number of nitrogens with zero attached hydrogens (tertiary/aromatic N) is 3. The number of rotatable bonds is 1. The highest BCUT2D eigenvalue weighted by atomic mass is 32.1. The quantitative estimate of drug-likeness (QED) is 0.877. The van der Waals surface area contributed by atoms with E-state index in [2.05, 4.69) is 34.5 Å². The summed E-state index contributed by atoms with van der Waals surface area (Å²) in [6.07, 6.45) is 1.87. The van der Waals surface area contributed by atoms with Gasteiger partial charge in [0.25, 0.3) is 5.91 Å². The highest BCUT2D eigenvalue weighted by Gasteiger charge is 2.39. The first-order valence-corrected chi connectivity index (χ1v) is 8.18. The monoisotopic (exact) mass is 324 g/mol. The molecule has 1 aromatic heterocycles. The number of benzene rings is 1. The molecule has 2 aliphatic heterocycles. The molecule has 2 aromatic rings. The van der Waals surface area contributed by atoms with Crippen LogP contribution in [0.15, 0.2) is 41.6 Å². The van der Waals surface area contributed by atoms with E-state index in [0.29, 0.717) is 5.96 Å². The van der Waals surface area contributed by atoms with Crippen LogP contribution in [0.25, 0.3) is 5.70 Å². The number of carbonyl (C=O) groups excluding carboxylic acids is 1. The van der Waals surface area contributed by atoms with Crippen molar-refractivity contribution in [3.63, 3.8) is 0 Å². The van der Waals surface area contributed by atoms with Crippen molar-refractivity contribution in [2.75, 3.05) is 11.9 Å². The van der Waals surface area contributed by atoms with Crippen LogP contribution in [-0.4, -0.2) is 23.8 Å². The minimum absolute atomic E-state index is 0.00652. The number of guanidine groups is 1. The number of hydrogen-bond donors (Lipinski definition) is 1. The Kier molecular flexibility index (Phi) is 3.02. The van der Waals surface area contributed by atoms with Crippen molar-refractivity contribution in [3.8, 4) is 0 Å². The third-order valence-electron chi connectivity index (χ3n) is 4.26. The molecule has 116 valence electrons. The molecule has 0 spiro atoms. The molecule has 0 fully saturated rings. The number of fused-ring (bicyclic) bond motifs is 3. The Morgan fingerprint density at radius 1 is 1.17 bits per heavy atom. The molecule has 0 atom stereocenters. The summed E-state index contributed by atoms with van der Waals surface area (Å²) >= 11 is 1.64. The fraction of sp³-hybridized carbons (Fsp3) is 0.176. The Morgan fingerprint density at radius 2 is 1.91 bits per heavy atom. The third-order valence-corrected chi connectivity index (χ3v) is 5.46. The highest BCUT2D eigenvalue weighted by molar-refractivity contribution is 7.17. The third kappa shape index (κ3) is 1.91. The molecule has 0 aliphatic carbocycles. The minimum Gasteiger partial charge on any atom is -0.280 e. The number of hydrogen-bond acceptors (Lipinski definition) is 5. The molecule has 5 nitrogen and oxygen atoms in total. The first kappa shape index (κ1) is 14.0. The van der Waals surface area contributed by atoms with Crippen LogP contribution in [0.2, 0.25) is 0 Å². The Balaban J connectivity index is 1.94. The van der Waals surface area contributed by atoms with Crippen LogP contribution in [0.3, 0.4) is 0 Å². The van der Waals surface area contributed by atoms with Gasteiger partial charge in [0.15, 0.2) is 0 Å². The first-order chi connectivity index (χ1) is 11.1. The molecule has 0 saturated heterocycles. The molecule has 3 heterocycles. The molecule has 0 saturated carbocycles. The molecule has 0 unspecified atom stereocenters. The van der Waals surface area contributed by atoms with Gasteiger partial charge in [0.1, 0.15) is 5.00 Å². The molecule has 0 bridgehead atoms. The van der Waals surface area contributed by atoms with Gasteiger partial charge in [-0.25, -0.2) is 0 Å². The molecule has 1 amide bonds. The molecule has 0 radical (unpaired) electrons. The summed E-state index contributed by atoms with van der Waals surface area (Å²) in [7, 11) is 1.76. The van der Waals surface area contributed by atoms with Gasteiger partial charge in [-0.3, -0.25) is 20.0 Å². The summed E-state index contributed by atoms with van der Waals surface area (Å²) in [5.74, 6) is 0.595. The lowest BCUT2D eigenvalue weighted by Gasteiger charge is -2.38. The van der Waals surface area contributed by atoms with E-state index in [0.717, 1.165) is 32.3 Å². The van der Waals surface area contributed by atoms with Crippen LogP contribution in [0.1, 0.15) is 26.4 Å². The number of carbonyl (C=O) groups is 1. The predicted molar refractivity (Wildman–Crippen MR) is 93.4 cm³/mol. The van der Waals surface area contributed by atoms with Gasteiger partial charge >= 0.3 is 0 Å². The maximum atomic E-state index is 12.7. The number of anilines is 1. The van der Waals surface area contributed by atoms with Crippen molar-refractivity contribution >= 4 is 33.9 Å². The molecule has 1 aromatic carbocycles. The van der Waals surface area contributed by atoms with E-state index >= 15 is 0 Å². The Labute approximate surface area is 138 Å². The number of nitrogens with one attached hydrogen (secondary N) is 1. The normalized spacial score (nSPS) is 16.4. The van der Waals surface area contributed by atoms with Gasteiger partial charge < -0.3 is 0 Å². The zero-order chi connectivity index (χ0) is 16.1. The standard InChI is InChI=1S/C17H16N4OS/c1-10-11(2)23-16-14(10)15(22)20(3)17-19-18-9-13(21(16)17)12-7-5-4-6-8-12/h4-9,18H,1-3H3. The fourth-order valence-corrected chi connectivity index (χ4v) is 4.06.